The van der Waals surface area contributed by atoms with E-state index in [9.17, 15) is 0 Å². The summed E-state index contributed by atoms with van der Waals surface area (Å²) < 4.78 is 0. The second-order valence-electron chi connectivity index (χ2n) is 7.26. The molecule has 2 aliphatic rings. The third kappa shape index (κ3) is 1.83. The van der Waals surface area contributed by atoms with Crippen LogP contribution in [0.2, 0.25) is 0 Å². The molecule has 1 fully saturated rings. The van der Waals surface area contributed by atoms with Gasteiger partial charge in [-0.1, -0.05) is 55.7 Å². The molecule has 3 aromatic carbocycles. The normalized spacial score (nSPS) is 24.2. The van der Waals surface area contributed by atoms with Crippen molar-refractivity contribution >= 4 is 21.5 Å². The van der Waals surface area contributed by atoms with E-state index in [1.165, 1.54) is 60.1 Å². The van der Waals surface area contributed by atoms with Gasteiger partial charge in [0.25, 0.3) is 0 Å². The molecule has 0 nitrogen and oxygen atoms in total. The van der Waals surface area contributed by atoms with Crippen molar-refractivity contribution in [3.8, 4) is 0 Å². The summed E-state index contributed by atoms with van der Waals surface area (Å²) in [5.41, 5.74) is 3.34. The summed E-state index contributed by atoms with van der Waals surface area (Å²) in [6.07, 6.45) is 8.48. The molecule has 2 unspecified atom stereocenters. The van der Waals surface area contributed by atoms with Crippen LogP contribution in [-0.2, 0) is 6.42 Å². The first-order chi connectivity index (χ1) is 10.9. The summed E-state index contributed by atoms with van der Waals surface area (Å²) in [5.74, 6) is 1.75. The van der Waals surface area contributed by atoms with Gasteiger partial charge in [-0.15, -0.1) is 0 Å². The van der Waals surface area contributed by atoms with Crippen LogP contribution in [0.15, 0.2) is 48.5 Å². The minimum absolute atomic E-state index is 0.841. The topological polar surface area (TPSA) is 0 Å². The molecule has 110 valence electrons. The van der Waals surface area contributed by atoms with E-state index in [0.29, 0.717) is 0 Å². The molecule has 0 spiro atoms. The Labute approximate surface area is 132 Å². The number of hydrogen-bond donors (Lipinski definition) is 0. The van der Waals surface area contributed by atoms with Crippen LogP contribution < -0.4 is 0 Å². The first-order valence-corrected chi connectivity index (χ1v) is 8.84. The van der Waals surface area contributed by atoms with Gasteiger partial charge < -0.3 is 0 Å². The van der Waals surface area contributed by atoms with E-state index in [2.05, 4.69) is 48.5 Å². The summed E-state index contributed by atoms with van der Waals surface area (Å²) in [5, 5.41) is 5.69. The number of hydrogen-bond acceptors (Lipinski definition) is 0. The first kappa shape index (κ1) is 12.7. The van der Waals surface area contributed by atoms with Crippen molar-refractivity contribution in [2.75, 3.05) is 0 Å². The Morgan fingerprint density at radius 1 is 0.727 bits per heavy atom. The van der Waals surface area contributed by atoms with Gasteiger partial charge in [0, 0.05) is 0 Å². The highest BCUT2D eigenvalue weighted by Crippen LogP contribution is 2.47. The fraction of sp³-hybridized carbons (Fsp3) is 0.364. The van der Waals surface area contributed by atoms with E-state index < -0.39 is 0 Å². The first-order valence-electron chi connectivity index (χ1n) is 8.84. The molecule has 0 radical (unpaired) electrons. The average molecular weight is 286 g/mol. The molecular weight excluding hydrogens is 264 g/mol. The Kier molecular flexibility index (Phi) is 2.80. The highest BCUT2D eigenvalue weighted by Gasteiger charge is 2.33. The summed E-state index contributed by atoms with van der Waals surface area (Å²) >= 11 is 0. The van der Waals surface area contributed by atoms with Gasteiger partial charge in [-0.25, -0.2) is 0 Å². The Morgan fingerprint density at radius 2 is 1.55 bits per heavy atom. The van der Waals surface area contributed by atoms with E-state index in [0.717, 1.165) is 11.8 Å². The molecule has 0 heterocycles. The molecule has 0 aromatic heterocycles. The lowest BCUT2D eigenvalue weighted by Crippen LogP contribution is -2.04. The third-order valence-corrected chi connectivity index (χ3v) is 6.06. The SMILES string of the molecule is c1ccc2cc3c4c(ccc3cc2c1)C1CCCCCC1C4. The zero-order valence-corrected chi connectivity index (χ0v) is 13.0. The minimum atomic E-state index is 0.841. The molecule has 0 amide bonds. The van der Waals surface area contributed by atoms with Crippen molar-refractivity contribution < 1.29 is 0 Å². The second-order valence-corrected chi connectivity index (χ2v) is 7.26. The van der Waals surface area contributed by atoms with Crippen LogP contribution in [-0.4, -0.2) is 0 Å². The molecule has 0 heteroatoms. The lowest BCUT2D eigenvalue weighted by molar-refractivity contribution is 0.432. The number of fused-ring (bicyclic) bond motifs is 6. The lowest BCUT2D eigenvalue weighted by Gasteiger charge is -2.16. The largest absolute Gasteiger partial charge is 0.0616 e. The fourth-order valence-electron chi connectivity index (χ4n) is 4.97. The third-order valence-electron chi connectivity index (χ3n) is 6.06. The molecule has 1 saturated carbocycles. The smallest absolute Gasteiger partial charge is 0.0127 e. The molecule has 2 atom stereocenters. The minimum Gasteiger partial charge on any atom is -0.0616 e. The average Bonchev–Trinajstić information content (AvgIpc) is 2.75. The Morgan fingerprint density at radius 3 is 2.45 bits per heavy atom. The zero-order chi connectivity index (χ0) is 14.5. The van der Waals surface area contributed by atoms with Crippen LogP contribution in [0.25, 0.3) is 21.5 Å². The van der Waals surface area contributed by atoms with Crippen LogP contribution >= 0.6 is 0 Å². The quantitative estimate of drug-likeness (QED) is 0.431. The Hall–Kier alpha value is -1.82. The summed E-state index contributed by atoms with van der Waals surface area (Å²) in [6.45, 7) is 0. The van der Waals surface area contributed by atoms with Gasteiger partial charge in [0.2, 0.25) is 0 Å². The predicted molar refractivity (Wildman–Crippen MR) is 94.5 cm³/mol. The molecule has 0 saturated heterocycles. The Balaban J connectivity index is 1.74. The second kappa shape index (κ2) is 4.84. The molecule has 0 N–H and O–H groups in total. The van der Waals surface area contributed by atoms with Gasteiger partial charge in [0.1, 0.15) is 0 Å². The fourth-order valence-corrected chi connectivity index (χ4v) is 4.97. The van der Waals surface area contributed by atoms with Crippen LogP contribution in [0.1, 0.15) is 49.1 Å². The zero-order valence-electron chi connectivity index (χ0n) is 13.0. The van der Waals surface area contributed by atoms with Crippen LogP contribution in [0.3, 0.4) is 0 Å². The maximum Gasteiger partial charge on any atom is -0.0127 e. The standard InChI is InChI=1S/C22H22/c1-2-8-17-14-22-20(19(17)9-3-1)11-10-18-12-15-6-4-5-7-16(15)13-21(18)22/h4-7,10-13,17,19H,1-3,8-9,14H2. The summed E-state index contributed by atoms with van der Waals surface area (Å²) in [7, 11) is 0. The molecule has 5 rings (SSSR count). The predicted octanol–water partition coefficient (Wildman–Crippen LogP) is 6.21. The van der Waals surface area contributed by atoms with Crippen molar-refractivity contribution in [3.05, 3.63) is 59.7 Å². The molecule has 3 aromatic rings. The Bertz CT molecular complexity index is 858. The van der Waals surface area contributed by atoms with Crippen molar-refractivity contribution in [2.24, 2.45) is 5.92 Å². The van der Waals surface area contributed by atoms with Gasteiger partial charge in [-0.3, -0.25) is 0 Å². The summed E-state index contributed by atoms with van der Waals surface area (Å²) in [6, 6.07) is 18.4. The van der Waals surface area contributed by atoms with E-state index in [1.54, 1.807) is 11.1 Å². The summed E-state index contributed by atoms with van der Waals surface area (Å²) in [4.78, 5) is 0. The monoisotopic (exact) mass is 286 g/mol. The highest BCUT2D eigenvalue weighted by molar-refractivity contribution is 6.00. The van der Waals surface area contributed by atoms with Gasteiger partial charge in [-0.2, -0.15) is 0 Å². The van der Waals surface area contributed by atoms with Crippen molar-refractivity contribution in [1.29, 1.82) is 0 Å². The van der Waals surface area contributed by atoms with Crippen molar-refractivity contribution in [3.63, 3.8) is 0 Å². The molecule has 0 bridgehead atoms. The molecular formula is C22H22. The van der Waals surface area contributed by atoms with E-state index >= 15 is 0 Å². The molecule has 22 heavy (non-hydrogen) atoms. The maximum atomic E-state index is 2.45. The maximum absolute atomic E-state index is 2.45. The highest BCUT2D eigenvalue weighted by atomic mass is 14.4. The van der Waals surface area contributed by atoms with Gasteiger partial charge in [-0.05, 0) is 75.9 Å². The van der Waals surface area contributed by atoms with E-state index in [1.807, 2.05) is 0 Å². The molecule has 2 aliphatic carbocycles. The van der Waals surface area contributed by atoms with Crippen LogP contribution in [0.5, 0.6) is 0 Å². The lowest BCUT2D eigenvalue weighted by atomic mass is 9.88. The van der Waals surface area contributed by atoms with Crippen molar-refractivity contribution in [1.82, 2.24) is 0 Å². The van der Waals surface area contributed by atoms with Gasteiger partial charge >= 0.3 is 0 Å². The molecule has 0 aliphatic heterocycles. The van der Waals surface area contributed by atoms with Gasteiger partial charge in [0.05, 0.1) is 0 Å². The number of rotatable bonds is 0. The van der Waals surface area contributed by atoms with Crippen LogP contribution in [0.4, 0.5) is 0 Å². The van der Waals surface area contributed by atoms with Crippen LogP contribution in [0, 0.1) is 5.92 Å². The van der Waals surface area contributed by atoms with Crippen molar-refractivity contribution in [2.45, 2.75) is 44.4 Å². The van der Waals surface area contributed by atoms with Gasteiger partial charge in [0.15, 0.2) is 0 Å². The van der Waals surface area contributed by atoms with E-state index in [4.69, 9.17) is 0 Å². The van der Waals surface area contributed by atoms with E-state index in [-0.39, 0.29) is 0 Å². The number of benzene rings is 3.